The molecule has 0 spiro atoms. The molecular weight excluding hydrogens is 354 g/mol. The van der Waals surface area contributed by atoms with Crippen molar-refractivity contribution in [2.24, 2.45) is 5.73 Å². The van der Waals surface area contributed by atoms with E-state index in [0.717, 1.165) is 26.4 Å². The van der Waals surface area contributed by atoms with Crippen LogP contribution in [0.1, 0.15) is 24.3 Å². The van der Waals surface area contributed by atoms with Crippen LogP contribution in [0.25, 0.3) is 0 Å². The van der Waals surface area contributed by atoms with Crippen molar-refractivity contribution < 1.29 is 4.74 Å². The largest absolute Gasteiger partial charge is 0.482 e. The van der Waals surface area contributed by atoms with Gasteiger partial charge in [0, 0.05) is 25.7 Å². The standard InChI is InChI=1S/C15H18BrNOS2/c1-3-11(17)15(14-8-10(16)9-20-14)18-12-6-4-5-7-13(12)19-2/h4-9,11,15H,3,17H2,1-2H3. The van der Waals surface area contributed by atoms with E-state index in [1.54, 1.807) is 23.1 Å². The van der Waals surface area contributed by atoms with Gasteiger partial charge in [-0.05, 0) is 46.8 Å². The molecule has 0 saturated carbocycles. The van der Waals surface area contributed by atoms with Gasteiger partial charge in [0.25, 0.3) is 0 Å². The fourth-order valence-corrected chi connectivity index (χ4v) is 3.98. The van der Waals surface area contributed by atoms with Gasteiger partial charge in [0.05, 0.1) is 0 Å². The van der Waals surface area contributed by atoms with E-state index >= 15 is 0 Å². The molecule has 2 nitrogen and oxygen atoms in total. The van der Waals surface area contributed by atoms with Crippen molar-refractivity contribution in [2.75, 3.05) is 6.26 Å². The van der Waals surface area contributed by atoms with Gasteiger partial charge in [-0.3, -0.25) is 0 Å². The molecule has 1 aromatic heterocycles. The Kier molecular flexibility index (Phi) is 5.96. The number of hydrogen-bond acceptors (Lipinski definition) is 4. The highest BCUT2D eigenvalue weighted by Crippen LogP contribution is 2.35. The van der Waals surface area contributed by atoms with Crippen molar-refractivity contribution in [3.8, 4) is 5.75 Å². The summed E-state index contributed by atoms with van der Waals surface area (Å²) in [6, 6.07) is 10.2. The molecule has 2 rings (SSSR count). The summed E-state index contributed by atoms with van der Waals surface area (Å²) in [5, 5.41) is 2.06. The first kappa shape index (κ1) is 15.9. The predicted molar refractivity (Wildman–Crippen MR) is 91.9 cm³/mol. The molecule has 0 radical (unpaired) electrons. The van der Waals surface area contributed by atoms with Crippen LogP contribution in [0.5, 0.6) is 5.75 Å². The first-order valence-electron chi connectivity index (χ1n) is 6.45. The first-order valence-corrected chi connectivity index (χ1v) is 9.34. The summed E-state index contributed by atoms with van der Waals surface area (Å²) in [7, 11) is 0. The number of benzene rings is 1. The van der Waals surface area contributed by atoms with Crippen molar-refractivity contribution in [3.05, 3.63) is 45.1 Å². The summed E-state index contributed by atoms with van der Waals surface area (Å²) < 4.78 is 7.31. The van der Waals surface area contributed by atoms with Crippen LogP contribution in [-0.4, -0.2) is 12.3 Å². The van der Waals surface area contributed by atoms with Crippen LogP contribution in [0.3, 0.4) is 0 Å². The molecule has 20 heavy (non-hydrogen) atoms. The zero-order chi connectivity index (χ0) is 14.5. The molecule has 0 aliphatic rings. The van der Waals surface area contributed by atoms with Gasteiger partial charge in [-0.25, -0.2) is 0 Å². The maximum Gasteiger partial charge on any atom is 0.148 e. The van der Waals surface area contributed by atoms with Gasteiger partial charge in [0.1, 0.15) is 11.9 Å². The van der Waals surface area contributed by atoms with E-state index in [-0.39, 0.29) is 12.1 Å². The van der Waals surface area contributed by atoms with E-state index in [2.05, 4.69) is 46.6 Å². The number of thioether (sulfide) groups is 1. The van der Waals surface area contributed by atoms with Gasteiger partial charge in [-0.15, -0.1) is 23.1 Å². The van der Waals surface area contributed by atoms with Crippen LogP contribution in [0.2, 0.25) is 0 Å². The van der Waals surface area contributed by atoms with E-state index in [4.69, 9.17) is 10.5 Å². The topological polar surface area (TPSA) is 35.2 Å². The Labute approximate surface area is 136 Å². The molecular formula is C15H18BrNOS2. The molecule has 5 heteroatoms. The number of para-hydroxylation sites is 1. The molecule has 1 heterocycles. The number of halogens is 1. The molecule has 1 aromatic carbocycles. The molecule has 0 bridgehead atoms. The third-order valence-corrected chi connectivity index (χ3v) is 5.58. The van der Waals surface area contributed by atoms with E-state index in [0.29, 0.717) is 0 Å². The van der Waals surface area contributed by atoms with Crippen molar-refractivity contribution in [2.45, 2.75) is 30.4 Å². The van der Waals surface area contributed by atoms with E-state index in [1.165, 1.54) is 0 Å². The summed E-state index contributed by atoms with van der Waals surface area (Å²) in [5.74, 6) is 0.901. The molecule has 0 aliphatic carbocycles. The monoisotopic (exact) mass is 371 g/mol. The zero-order valence-corrected chi connectivity index (χ0v) is 14.7. The maximum absolute atomic E-state index is 6.26. The normalized spacial score (nSPS) is 14.0. The van der Waals surface area contributed by atoms with Gasteiger partial charge < -0.3 is 10.5 Å². The van der Waals surface area contributed by atoms with Gasteiger partial charge in [-0.2, -0.15) is 0 Å². The molecule has 0 amide bonds. The second-order valence-corrected chi connectivity index (χ2v) is 7.14. The number of nitrogens with two attached hydrogens (primary N) is 1. The van der Waals surface area contributed by atoms with Gasteiger partial charge in [0.2, 0.25) is 0 Å². The molecule has 2 N–H and O–H groups in total. The Bertz CT molecular complexity index is 558. The number of rotatable bonds is 6. The average molecular weight is 372 g/mol. The molecule has 0 fully saturated rings. The summed E-state index contributed by atoms with van der Waals surface area (Å²) in [6.07, 6.45) is 2.82. The van der Waals surface area contributed by atoms with E-state index in [1.807, 2.05) is 18.2 Å². The van der Waals surface area contributed by atoms with Gasteiger partial charge in [0.15, 0.2) is 0 Å². The minimum atomic E-state index is -0.107. The Hall–Kier alpha value is -0.490. The second kappa shape index (κ2) is 7.50. The lowest BCUT2D eigenvalue weighted by atomic mass is 10.1. The summed E-state index contributed by atoms with van der Waals surface area (Å²) in [4.78, 5) is 2.29. The smallest absolute Gasteiger partial charge is 0.148 e. The molecule has 0 saturated heterocycles. The second-order valence-electron chi connectivity index (χ2n) is 4.43. The lowest BCUT2D eigenvalue weighted by Crippen LogP contribution is -2.31. The zero-order valence-electron chi connectivity index (χ0n) is 11.5. The number of thiophene rings is 1. The van der Waals surface area contributed by atoms with Gasteiger partial charge in [-0.1, -0.05) is 19.1 Å². The third-order valence-electron chi connectivity index (χ3n) is 3.05. The third kappa shape index (κ3) is 3.79. The van der Waals surface area contributed by atoms with Crippen LogP contribution in [0, 0.1) is 0 Å². The lowest BCUT2D eigenvalue weighted by Gasteiger charge is -2.24. The lowest BCUT2D eigenvalue weighted by molar-refractivity contribution is 0.170. The molecule has 0 aliphatic heterocycles. The Balaban J connectivity index is 2.28. The van der Waals surface area contributed by atoms with Crippen LogP contribution in [0.4, 0.5) is 0 Å². The van der Waals surface area contributed by atoms with Crippen molar-refractivity contribution in [1.82, 2.24) is 0 Å². The molecule has 2 aromatic rings. The Morgan fingerprint density at radius 3 is 2.75 bits per heavy atom. The summed E-state index contributed by atoms with van der Waals surface area (Å²) in [5.41, 5.74) is 6.26. The Morgan fingerprint density at radius 2 is 2.15 bits per heavy atom. The fourth-order valence-electron chi connectivity index (χ4n) is 1.90. The fraction of sp³-hybridized carbons (Fsp3) is 0.333. The Morgan fingerprint density at radius 1 is 1.40 bits per heavy atom. The van der Waals surface area contributed by atoms with E-state index < -0.39 is 0 Å². The summed E-state index contributed by atoms with van der Waals surface area (Å²) >= 11 is 6.86. The predicted octanol–water partition coefficient (Wildman–Crippen LogP) is 5.09. The average Bonchev–Trinajstić information content (AvgIpc) is 2.90. The number of hydrogen-bond donors (Lipinski definition) is 1. The minimum absolute atomic E-state index is 0.0181. The molecule has 2 atom stereocenters. The summed E-state index contributed by atoms with van der Waals surface area (Å²) in [6.45, 7) is 2.09. The SMILES string of the molecule is CCC(N)C(Oc1ccccc1SC)c1cc(Br)cs1. The minimum Gasteiger partial charge on any atom is -0.482 e. The van der Waals surface area contributed by atoms with E-state index in [9.17, 15) is 0 Å². The van der Waals surface area contributed by atoms with Crippen LogP contribution < -0.4 is 10.5 Å². The highest BCUT2D eigenvalue weighted by atomic mass is 79.9. The van der Waals surface area contributed by atoms with Crippen molar-refractivity contribution in [1.29, 1.82) is 0 Å². The molecule has 2 unspecified atom stereocenters. The quantitative estimate of drug-likeness (QED) is 0.718. The van der Waals surface area contributed by atoms with Crippen molar-refractivity contribution in [3.63, 3.8) is 0 Å². The van der Waals surface area contributed by atoms with Gasteiger partial charge >= 0.3 is 0 Å². The van der Waals surface area contributed by atoms with Crippen LogP contribution in [-0.2, 0) is 0 Å². The number of ether oxygens (including phenoxy) is 1. The maximum atomic E-state index is 6.26. The molecule has 108 valence electrons. The van der Waals surface area contributed by atoms with Crippen LogP contribution >= 0.6 is 39.0 Å². The first-order chi connectivity index (χ1) is 9.65. The van der Waals surface area contributed by atoms with Crippen LogP contribution in [0.15, 0.2) is 45.1 Å². The highest BCUT2D eigenvalue weighted by Gasteiger charge is 2.23. The van der Waals surface area contributed by atoms with Crippen molar-refractivity contribution >= 4 is 39.0 Å². The highest BCUT2D eigenvalue weighted by molar-refractivity contribution is 9.10.